The Morgan fingerprint density at radius 1 is 1.03 bits per heavy atom. The molecule has 0 radical (unpaired) electrons. The van der Waals surface area contributed by atoms with Crippen molar-refractivity contribution in [2.24, 2.45) is 4.99 Å². The van der Waals surface area contributed by atoms with Gasteiger partial charge in [-0.2, -0.15) is 5.10 Å². The summed E-state index contributed by atoms with van der Waals surface area (Å²) in [6.45, 7) is 8.27. The number of benzene rings is 1. The van der Waals surface area contributed by atoms with E-state index in [0.717, 1.165) is 55.2 Å². The highest BCUT2D eigenvalue weighted by Crippen LogP contribution is 2.17. The molecule has 2 aromatic heterocycles. The summed E-state index contributed by atoms with van der Waals surface area (Å²) in [6, 6.07) is 12.3. The molecule has 1 aliphatic rings. The summed E-state index contributed by atoms with van der Waals surface area (Å²) >= 11 is 0. The van der Waals surface area contributed by atoms with Crippen LogP contribution >= 0.6 is 0 Å². The van der Waals surface area contributed by atoms with Crippen molar-refractivity contribution in [1.82, 2.24) is 30.0 Å². The molecule has 8 heteroatoms. The predicted molar refractivity (Wildman–Crippen MR) is 119 cm³/mol. The van der Waals surface area contributed by atoms with Crippen LogP contribution < -0.4 is 10.2 Å². The Bertz CT molecular complexity index is 1000. The van der Waals surface area contributed by atoms with Crippen LogP contribution in [0, 0.1) is 13.8 Å². The first-order valence-corrected chi connectivity index (χ1v) is 10.2. The van der Waals surface area contributed by atoms with E-state index in [2.05, 4.69) is 72.4 Å². The van der Waals surface area contributed by atoms with Crippen molar-refractivity contribution >= 4 is 11.9 Å². The summed E-state index contributed by atoms with van der Waals surface area (Å²) in [4.78, 5) is 17.7. The molecule has 0 unspecified atom stereocenters. The number of hydrogen-bond acceptors (Lipinski definition) is 5. The summed E-state index contributed by atoms with van der Waals surface area (Å²) in [5.74, 6) is 1.70. The van der Waals surface area contributed by atoms with Gasteiger partial charge < -0.3 is 15.1 Å². The van der Waals surface area contributed by atoms with Gasteiger partial charge in [-0.05, 0) is 37.6 Å². The normalized spacial score (nSPS) is 14.8. The third-order valence-corrected chi connectivity index (χ3v) is 5.29. The van der Waals surface area contributed by atoms with Crippen molar-refractivity contribution < 1.29 is 0 Å². The van der Waals surface area contributed by atoms with Crippen LogP contribution in [0.2, 0.25) is 0 Å². The van der Waals surface area contributed by atoms with Crippen molar-refractivity contribution in [3.8, 4) is 5.69 Å². The second-order valence-corrected chi connectivity index (χ2v) is 7.39. The molecule has 3 heterocycles. The fraction of sp³-hybridized carbons (Fsp3) is 0.364. The van der Waals surface area contributed by atoms with Gasteiger partial charge in [0.2, 0.25) is 5.95 Å². The molecule has 1 saturated heterocycles. The molecule has 0 amide bonds. The van der Waals surface area contributed by atoms with Crippen LogP contribution in [-0.4, -0.2) is 63.8 Å². The number of piperazine rings is 1. The maximum atomic E-state index is 4.65. The molecule has 1 N–H and O–H groups in total. The van der Waals surface area contributed by atoms with E-state index >= 15 is 0 Å². The molecule has 0 saturated carbocycles. The molecule has 30 heavy (non-hydrogen) atoms. The molecule has 4 rings (SSSR count). The van der Waals surface area contributed by atoms with E-state index in [0.29, 0.717) is 6.54 Å². The number of aromatic nitrogens is 4. The molecule has 1 aromatic carbocycles. The standard InChI is InChI=1S/C22H28N8/c1-17-15-18(2)30(27-17)20-8-5-4-7-19(20)16-26-21(23-3)28-11-13-29(14-12-28)22-24-9-6-10-25-22/h4-10,15H,11-14,16H2,1-3H3,(H,23,26). The first-order chi connectivity index (χ1) is 14.7. The van der Waals surface area contributed by atoms with E-state index < -0.39 is 0 Å². The number of guanidine groups is 1. The molecule has 8 nitrogen and oxygen atoms in total. The minimum absolute atomic E-state index is 0.684. The van der Waals surface area contributed by atoms with Crippen molar-refractivity contribution in [1.29, 1.82) is 0 Å². The number of nitrogens with zero attached hydrogens (tertiary/aromatic N) is 7. The molecule has 156 valence electrons. The Balaban J connectivity index is 1.41. The lowest BCUT2D eigenvalue weighted by atomic mass is 10.1. The Hall–Kier alpha value is -3.42. The fourth-order valence-electron chi connectivity index (χ4n) is 3.82. The summed E-state index contributed by atoms with van der Waals surface area (Å²) in [5, 5.41) is 8.18. The van der Waals surface area contributed by atoms with E-state index in [9.17, 15) is 0 Å². The molecule has 0 spiro atoms. The molecule has 3 aromatic rings. The van der Waals surface area contributed by atoms with Crippen LogP contribution in [0.1, 0.15) is 17.0 Å². The zero-order valence-electron chi connectivity index (χ0n) is 17.8. The van der Waals surface area contributed by atoms with Gasteiger partial charge in [0.15, 0.2) is 5.96 Å². The van der Waals surface area contributed by atoms with Gasteiger partial charge >= 0.3 is 0 Å². The van der Waals surface area contributed by atoms with Crippen LogP contribution in [0.25, 0.3) is 5.69 Å². The summed E-state index contributed by atoms with van der Waals surface area (Å²) < 4.78 is 2.01. The molecule has 0 atom stereocenters. The monoisotopic (exact) mass is 404 g/mol. The minimum atomic E-state index is 0.684. The number of aliphatic imine (C=N–C) groups is 1. The smallest absolute Gasteiger partial charge is 0.225 e. The third-order valence-electron chi connectivity index (χ3n) is 5.29. The van der Waals surface area contributed by atoms with Crippen molar-refractivity contribution in [3.63, 3.8) is 0 Å². The Morgan fingerprint density at radius 3 is 2.43 bits per heavy atom. The van der Waals surface area contributed by atoms with E-state index in [-0.39, 0.29) is 0 Å². The van der Waals surface area contributed by atoms with Crippen molar-refractivity contribution in [2.75, 3.05) is 38.1 Å². The fourth-order valence-corrected chi connectivity index (χ4v) is 3.82. The molecule has 0 bridgehead atoms. The maximum absolute atomic E-state index is 4.65. The Labute approximate surface area is 177 Å². The summed E-state index contributed by atoms with van der Waals surface area (Å²) in [7, 11) is 1.84. The first-order valence-electron chi connectivity index (χ1n) is 10.2. The number of rotatable bonds is 4. The quantitative estimate of drug-likeness (QED) is 0.531. The average molecular weight is 405 g/mol. The molecular formula is C22H28N8. The molecule has 1 aliphatic heterocycles. The van der Waals surface area contributed by atoms with Gasteiger partial charge in [0.25, 0.3) is 0 Å². The highest BCUT2D eigenvalue weighted by Gasteiger charge is 2.21. The van der Waals surface area contributed by atoms with Gasteiger partial charge in [-0.3, -0.25) is 4.99 Å². The van der Waals surface area contributed by atoms with E-state index in [1.165, 1.54) is 5.56 Å². The lowest BCUT2D eigenvalue weighted by Crippen LogP contribution is -2.52. The Morgan fingerprint density at radius 2 is 1.77 bits per heavy atom. The zero-order valence-corrected chi connectivity index (χ0v) is 17.8. The molecule has 1 fully saturated rings. The third kappa shape index (κ3) is 4.27. The number of para-hydroxylation sites is 1. The van der Waals surface area contributed by atoms with Gasteiger partial charge in [0, 0.05) is 57.9 Å². The summed E-state index contributed by atoms with van der Waals surface area (Å²) in [6.07, 6.45) is 3.57. The number of hydrogen-bond donors (Lipinski definition) is 1. The van der Waals surface area contributed by atoms with Crippen LogP contribution in [0.4, 0.5) is 5.95 Å². The number of aryl methyl sites for hydroxylation is 2. The molecular weight excluding hydrogens is 376 g/mol. The second kappa shape index (κ2) is 8.94. The van der Waals surface area contributed by atoms with Crippen LogP contribution in [0.15, 0.2) is 53.8 Å². The van der Waals surface area contributed by atoms with Gasteiger partial charge in [-0.25, -0.2) is 14.6 Å². The van der Waals surface area contributed by atoms with Crippen LogP contribution in [-0.2, 0) is 6.54 Å². The number of anilines is 1. The van der Waals surface area contributed by atoms with Gasteiger partial charge in [-0.1, -0.05) is 18.2 Å². The molecule has 0 aliphatic carbocycles. The van der Waals surface area contributed by atoms with Crippen LogP contribution in [0.3, 0.4) is 0 Å². The highest BCUT2D eigenvalue weighted by atomic mass is 15.4. The van der Waals surface area contributed by atoms with Crippen LogP contribution in [0.5, 0.6) is 0 Å². The topological polar surface area (TPSA) is 74.5 Å². The van der Waals surface area contributed by atoms with E-state index in [1.807, 2.05) is 24.7 Å². The van der Waals surface area contributed by atoms with Crippen molar-refractivity contribution in [3.05, 3.63) is 65.7 Å². The van der Waals surface area contributed by atoms with Gasteiger partial charge in [0.05, 0.1) is 11.4 Å². The summed E-state index contributed by atoms with van der Waals surface area (Å²) in [5.41, 5.74) is 4.42. The van der Waals surface area contributed by atoms with E-state index in [4.69, 9.17) is 0 Å². The number of nitrogens with one attached hydrogen (secondary N) is 1. The second-order valence-electron chi connectivity index (χ2n) is 7.39. The maximum Gasteiger partial charge on any atom is 0.225 e. The zero-order chi connectivity index (χ0) is 20.9. The van der Waals surface area contributed by atoms with Gasteiger partial charge in [-0.15, -0.1) is 0 Å². The average Bonchev–Trinajstić information content (AvgIpc) is 3.13. The Kier molecular flexibility index (Phi) is 5.92. The lowest BCUT2D eigenvalue weighted by Gasteiger charge is -2.36. The van der Waals surface area contributed by atoms with E-state index in [1.54, 1.807) is 12.4 Å². The SMILES string of the molecule is CN=C(NCc1ccccc1-n1nc(C)cc1C)N1CCN(c2ncccn2)CC1. The predicted octanol–water partition coefficient (Wildman–Crippen LogP) is 2.18. The largest absolute Gasteiger partial charge is 0.352 e. The lowest BCUT2D eigenvalue weighted by molar-refractivity contribution is 0.370. The van der Waals surface area contributed by atoms with Crippen molar-refractivity contribution in [2.45, 2.75) is 20.4 Å². The highest BCUT2D eigenvalue weighted by molar-refractivity contribution is 5.80. The first kappa shape index (κ1) is 19.9. The minimum Gasteiger partial charge on any atom is -0.352 e. The van der Waals surface area contributed by atoms with Gasteiger partial charge in [0.1, 0.15) is 0 Å².